The first kappa shape index (κ1) is 12.5. The Morgan fingerprint density at radius 1 is 1.28 bits per heavy atom. The van der Waals surface area contributed by atoms with Gasteiger partial charge in [-0.2, -0.15) is 13.2 Å². The van der Waals surface area contributed by atoms with Crippen LogP contribution in [0.4, 0.5) is 13.2 Å². The molecule has 0 radical (unpaired) electrons. The maximum atomic E-state index is 12.8. The van der Waals surface area contributed by atoms with Crippen LogP contribution in [0, 0.1) is 0 Å². The van der Waals surface area contributed by atoms with Crippen molar-refractivity contribution in [1.29, 1.82) is 0 Å². The second-order valence-corrected chi connectivity index (χ2v) is 3.46. The summed E-state index contributed by atoms with van der Waals surface area (Å²) in [6.07, 6.45) is -3.18. The molecule has 0 spiro atoms. The number of nitrogens with zero attached hydrogens (tertiary/aromatic N) is 3. The molecule has 1 aromatic heterocycles. The molecule has 0 unspecified atom stereocenters. The van der Waals surface area contributed by atoms with Gasteiger partial charge in [0.2, 0.25) is 0 Å². The molecular formula is C10H9F3N4O. The lowest BCUT2D eigenvalue weighted by Gasteiger charge is -2.13. The molecule has 96 valence electrons. The van der Waals surface area contributed by atoms with E-state index in [0.29, 0.717) is 5.69 Å². The fraction of sp³-hybridized carbons (Fsp3) is 0.200. The zero-order valence-corrected chi connectivity index (χ0v) is 9.05. The van der Waals surface area contributed by atoms with Crippen molar-refractivity contribution in [3.05, 3.63) is 41.7 Å². The van der Waals surface area contributed by atoms with E-state index >= 15 is 0 Å². The monoisotopic (exact) mass is 258 g/mol. The van der Waals surface area contributed by atoms with Gasteiger partial charge in [0.05, 0.1) is 23.1 Å². The van der Waals surface area contributed by atoms with Gasteiger partial charge in [0.15, 0.2) is 0 Å². The fourth-order valence-electron chi connectivity index (χ4n) is 1.54. The average Bonchev–Trinajstić information content (AvgIpc) is 2.77. The minimum absolute atomic E-state index is 0.0841. The first-order valence-electron chi connectivity index (χ1n) is 4.92. The van der Waals surface area contributed by atoms with E-state index in [2.05, 4.69) is 15.1 Å². The lowest BCUT2D eigenvalue weighted by molar-refractivity contribution is -0.137. The number of hydrogen-bond donors (Lipinski definition) is 1. The van der Waals surface area contributed by atoms with E-state index in [0.717, 1.165) is 10.7 Å². The van der Waals surface area contributed by atoms with E-state index in [-0.39, 0.29) is 12.3 Å². The molecular weight excluding hydrogens is 249 g/mol. The molecule has 0 aliphatic rings. The number of alkyl halides is 3. The van der Waals surface area contributed by atoms with Gasteiger partial charge in [0.25, 0.3) is 0 Å². The zero-order valence-electron chi connectivity index (χ0n) is 9.05. The summed E-state index contributed by atoms with van der Waals surface area (Å²) < 4.78 is 39.6. The zero-order chi connectivity index (χ0) is 13.2. The van der Waals surface area contributed by atoms with E-state index < -0.39 is 11.7 Å². The van der Waals surface area contributed by atoms with Gasteiger partial charge >= 0.3 is 6.18 Å². The molecule has 2 N–H and O–H groups in total. The van der Waals surface area contributed by atoms with Crippen molar-refractivity contribution in [3.63, 3.8) is 0 Å². The topological polar surface area (TPSA) is 66.0 Å². The minimum atomic E-state index is -4.47. The van der Waals surface area contributed by atoms with E-state index in [1.807, 2.05) is 0 Å². The molecule has 0 bridgehead atoms. The van der Waals surface area contributed by atoms with Gasteiger partial charge in [0.1, 0.15) is 6.61 Å². The summed E-state index contributed by atoms with van der Waals surface area (Å²) in [6.45, 7) is -0.0841. The van der Waals surface area contributed by atoms with Crippen LogP contribution >= 0.6 is 0 Å². The summed E-state index contributed by atoms with van der Waals surface area (Å²) in [5, 5.41) is 7.16. The SMILES string of the molecule is NOCc1cnnn1-c1ccccc1C(F)(F)F. The maximum absolute atomic E-state index is 12.8. The number of benzene rings is 1. The van der Waals surface area contributed by atoms with Crippen LogP contribution in [-0.2, 0) is 17.6 Å². The molecule has 5 nitrogen and oxygen atoms in total. The highest BCUT2D eigenvalue weighted by molar-refractivity contribution is 5.42. The van der Waals surface area contributed by atoms with E-state index in [4.69, 9.17) is 5.90 Å². The molecule has 0 atom stereocenters. The Balaban J connectivity index is 2.54. The Hall–Kier alpha value is -1.93. The summed E-state index contributed by atoms with van der Waals surface area (Å²) >= 11 is 0. The number of rotatable bonds is 3. The Bertz CT molecular complexity index is 538. The maximum Gasteiger partial charge on any atom is 0.418 e. The van der Waals surface area contributed by atoms with E-state index in [1.165, 1.54) is 24.4 Å². The van der Waals surface area contributed by atoms with Crippen LogP contribution in [0.2, 0.25) is 0 Å². The molecule has 0 aliphatic carbocycles. The molecule has 0 amide bonds. The summed E-state index contributed by atoms with van der Waals surface area (Å²) in [4.78, 5) is 4.39. The third kappa shape index (κ3) is 2.34. The molecule has 1 heterocycles. The van der Waals surface area contributed by atoms with Crippen molar-refractivity contribution in [3.8, 4) is 5.69 Å². The van der Waals surface area contributed by atoms with Crippen LogP contribution in [0.5, 0.6) is 0 Å². The molecule has 0 saturated carbocycles. The third-order valence-electron chi connectivity index (χ3n) is 2.29. The molecule has 0 aliphatic heterocycles. The van der Waals surface area contributed by atoms with Gasteiger partial charge < -0.3 is 0 Å². The fourth-order valence-corrected chi connectivity index (χ4v) is 1.54. The van der Waals surface area contributed by atoms with Crippen molar-refractivity contribution >= 4 is 0 Å². The molecule has 18 heavy (non-hydrogen) atoms. The summed E-state index contributed by atoms with van der Waals surface area (Å²) in [5.74, 6) is 4.90. The second kappa shape index (κ2) is 4.75. The highest BCUT2D eigenvalue weighted by Gasteiger charge is 2.34. The van der Waals surface area contributed by atoms with Crippen LogP contribution in [0.3, 0.4) is 0 Å². The Kier molecular flexibility index (Phi) is 3.30. The second-order valence-electron chi connectivity index (χ2n) is 3.46. The number of halogens is 3. The molecule has 0 fully saturated rings. The number of aromatic nitrogens is 3. The number of nitrogens with two attached hydrogens (primary N) is 1. The van der Waals surface area contributed by atoms with Crippen LogP contribution in [0.15, 0.2) is 30.5 Å². The Labute approximate surface area is 99.9 Å². The quantitative estimate of drug-likeness (QED) is 0.850. The summed E-state index contributed by atoms with van der Waals surface area (Å²) in [5.41, 5.74) is -0.586. The largest absolute Gasteiger partial charge is 0.418 e. The Morgan fingerprint density at radius 3 is 2.67 bits per heavy atom. The molecule has 2 aromatic rings. The standard InChI is InChI=1S/C10H9F3N4O/c11-10(12,13)8-3-1-2-4-9(8)17-7(6-18-14)5-15-16-17/h1-5H,6,14H2. The summed E-state index contributed by atoms with van der Waals surface area (Å²) in [7, 11) is 0. The first-order chi connectivity index (χ1) is 8.54. The van der Waals surface area contributed by atoms with Crippen molar-refractivity contribution in [2.24, 2.45) is 5.90 Å². The smallest absolute Gasteiger partial charge is 0.298 e. The lowest BCUT2D eigenvalue weighted by Crippen LogP contribution is -2.14. The van der Waals surface area contributed by atoms with Crippen LogP contribution in [0.25, 0.3) is 5.69 Å². The Morgan fingerprint density at radius 2 is 2.00 bits per heavy atom. The van der Waals surface area contributed by atoms with Gasteiger partial charge in [-0.15, -0.1) is 5.10 Å². The van der Waals surface area contributed by atoms with E-state index in [9.17, 15) is 13.2 Å². The van der Waals surface area contributed by atoms with Crippen LogP contribution < -0.4 is 5.90 Å². The predicted molar refractivity (Wildman–Crippen MR) is 55.3 cm³/mol. The normalized spacial score (nSPS) is 11.8. The van der Waals surface area contributed by atoms with Crippen LogP contribution in [-0.4, -0.2) is 15.0 Å². The number of para-hydroxylation sites is 1. The average molecular weight is 258 g/mol. The first-order valence-corrected chi connectivity index (χ1v) is 4.92. The van der Waals surface area contributed by atoms with Gasteiger partial charge in [-0.1, -0.05) is 17.3 Å². The van der Waals surface area contributed by atoms with Crippen molar-refractivity contribution in [2.45, 2.75) is 12.8 Å². The van der Waals surface area contributed by atoms with Crippen molar-refractivity contribution in [2.75, 3.05) is 0 Å². The summed E-state index contributed by atoms with van der Waals surface area (Å²) in [6, 6.07) is 5.07. The van der Waals surface area contributed by atoms with Gasteiger partial charge in [-0.05, 0) is 12.1 Å². The van der Waals surface area contributed by atoms with Gasteiger partial charge in [0, 0.05) is 0 Å². The number of hydrogen-bond acceptors (Lipinski definition) is 4. The van der Waals surface area contributed by atoms with Gasteiger partial charge in [-0.3, -0.25) is 4.84 Å². The third-order valence-corrected chi connectivity index (χ3v) is 2.29. The molecule has 0 saturated heterocycles. The molecule has 8 heteroatoms. The molecule has 2 rings (SSSR count). The van der Waals surface area contributed by atoms with Crippen molar-refractivity contribution in [1.82, 2.24) is 15.0 Å². The van der Waals surface area contributed by atoms with Crippen molar-refractivity contribution < 1.29 is 18.0 Å². The highest BCUT2D eigenvalue weighted by atomic mass is 19.4. The lowest BCUT2D eigenvalue weighted by atomic mass is 10.1. The highest BCUT2D eigenvalue weighted by Crippen LogP contribution is 2.33. The molecule has 1 aromatic carbocycles. The van der Waals surface area contributed by atoms with Gasteiger partial charge in [-0.25, -0.2) is 10.6 Å². The van der Waals surface area contributed by atoms with Crippen LogP contribution in [0.1, 0.15) is 11.3 Å². The minimum Gasteiger partial charge on any atom is -0.298 e. The predicted octanol–water partition coefficient (Wildman–Crippen LogP) is 1.68. The van der Waals surface area contributed by atoms with E-state index in [1.54, 1.807) is 0 Å².